The maximum absolute atomic E-state index is 12.1. The maximum atomic E-state index is 12.1. The van der Waals surface area contributed by atoms with Crippen molar-refractivity contribution >= 4 is 23.0 Å². The van der Waals surface area contributed by atoms with E-state index in [1.54, 1.807) is 37.6 Å². The number of pyridine rings is 1. The molecule has 0 aliphatic heterocycles. The zero-order valence-electron chi connectivity index (χ0n) is 14.3. The highest BCUT2D eigenvalue weighted by molar-refractivity contribution is 5.90. The largest absolute Gasteiger partial charge is 0.497 e. The van der Waals surface area contributed by atoms with Crippen LogP contribution in [0.5, 0.6) is 5.75 Å². The first-order valence-corrected chi connectivity index (χ1v) is 8.10. The van der Waals surface area contributed by atoms with Gasteiger partial charge in [0.2, 0.25) is 5.91 Å². The first-order chi connectivity index (χ1) is 12.6. The van der Waals surface area contributed by atoms with Crippen LogP contribution in [0.4, 0.5) is 17.1 Å². The lowest BCUT2D eigenvalue weighted by Crippen LogP contribution is -2.26. The zero-order chi connectivity index (χ0) is 18.4. The molecule has 0 atom stereocenters. The van der Waals surface area contributed by atoms with Crippen molar-refractivity contribution in [2.75, 3.05) is 17.7 Å². The molecule has 6 nitrogen and oxygen atoms in total. The van der Waals surface area contributed by atoms with Crippen molar-refractivity contribution in [3.05, 3.63) is 83.3 Å². The molecule has 0 saturated heterocycles. The van der Waals surface area contributed by atoms with Crippen LogP contribution in [0, 0.1) is 0 Å². The highest BCUT2D eigenvalue weighted by Crippen LogP contribution is 2.21. The Morgan fingerprint density at radius 1 is 0.923 bits per heavy atom. The number of amides is 1. The fourth-order valence-electron chi connectivity index (χ4n) is 2.42. The van der Waals surface area contributed by atoms with E-state index < -0.39 is 0 Å². The second-order valence-corrected chi connectivity index (χ2v) is 5.65. The molecule has 0 bridgehead atoms. The molecule has 3 aromatic rings. The molecular formula is C20H19N3O3. The Bertz CT molecular complexity index is 932. The van der Waals surface area contributed by atoms with E-state index in [-0.39, 0.29) is 18.0 Å². The van der Waals surface area contributed by atoms with E-state index in [9.17, 15) is 9.59 Å². The second-order valence-electron chi connectivity index (χ2n) is 5.65. The predicted molar refractivity (Wildman–Crippen MR) is 102 cm³/mol. The van der Waals surface area contributed by atoms with Gasteiger partial charge in [0.15, 0.2) is 0 Å². The van der Waals surface area contributed by atoms with Crippen LogP contribution in [-0.2, 0) is 11.3 Å². The van der Waals surface area contributed by atoms with Crippen molar-refractivity contribution in [3.63, 3.8) is 0 Å². The van der Waals surface area contributed by atoms with Gasteiger partial charge in [0.1, 0.15) is 12.3 Å². The molecular weight excluding hydrogens is 330 g/mol. The minimum absolute atomic E-state index is 0.0223. The lowest BCUT2D eigenvalue weighted by Gasteiger charge is -2.10. The SMILES string of the molecule is COc1ccc(Nc2ccc(NC(=O)Cn3ccccc3=O)cc2)cc1. The number of carbonyl (C=O) groups is 1. The molecule has 0 saturated carbocycles. The molecule has 2 N–H and O–H groups in total. The smallest absolute Gasteiger partial charge is 0.250 e. The Morgan fingerprint density at radius 3 is 2.15 bits per heavy atom. The molecule has 1 amide bonds. The lowest BCUT2D eigenvalue weighted by molar-refractivity contribution is -0.116. The van der Waals surface area contributed by atoms with E-state index in [4.69, 9.17) is 4.74 Å². The summed E-state index contributed by atoms with van der Waals surface area (Å²) in [6.45, 7) is -0.0223. The van der Waals surface area contributed by atoms with E-state index in [1.807, 2.05) is 36.4 Å². The summed E-state index contributed by atoms with van der Waals surface area (Å²) >= 11 is 0. The molecule has 132 valence electrons. The van der Waals surface area contributed by atoms with Crippen LogP contribution in [0.15, 0.2) is 77.7 Å². The van der Waals surface area contributed by atoms with Crippen LogP contribution < -0.4 is 20.9 Å². The molecule has 1 aromatic heterocycles. The van der Waals surface area contributed by atoms with Gasteiger partial charge in [-0.1, -0.05) is 6.07 Å². The van der Waals surface area contributed by atoms with E-state index in [0.29, 0.717) is 5.69 Å². The number of aromatic nitrogens is 1. The van der Waals surface area contributed by atoms with Crippen molar-refractivity contribution in [1.29, 1.82) is 0 Å². The monoisotopic (exact) mass is 349 g/mol. The van der Waals surface area contributed by atoms with Crippen LogP contribution in [0.2, 0.25) is 0 Å². The molecule has 0 fully saturated rings. The van der Waals surface area contributed by atoms with Crippen LogP contribution in [0.25, 0.3) is 0 Å². The molecule has 6 heteroatoms. The first-order valence-electron chi connectivity index (χ1n) is 8.10. The standard InChI is InChI=1S/C20H19N3O3/c1-26-18-11-9-16(10-12-18)21-15-5-7-17(8-6-15)22-19(24)14-23-13-3-2-4-20(23)25/h2-13,21H,14H2,1H3,(H,22,24). The highest BCUT2D eigenvalue weighted by Gasteiger charge is 2.05. The number of benzene rings is 2. The van der Waals surface area contributed by atoms with Crippen LogP contribution >= 0.6 is 0 Å². The fourth-order valence-corrected chi connectivity index (χ4v) is 2.42. The fraction of sp³-hybridized carbons (Fsp3) is 0.100. The first kappa shape index (κ1) is 17.3. The van der Waals surface area contributed by atoms with Crippen molar-refractivity contribution in [2.45, 2.75) is 6.54 Å². The number of nitrogens with zero attached hydrogens (tertiary/aromatic N) is 1. The van der Waals surface area contributed by atoms with Crippen molar-refractivity contribution < 1.29 is 9.53 Å². The summed E-state index contributed by atoms with van der Waals surface area (Å²) in [5, 5.41) is 6.05. The van der Waals surface area contributed by atoms with Gasteiger partial charge in [-0.25, -0.2) is 0 Å². The number of methoxy groups -OCH3 is 1. The molecule has 0 aliphatic carbocycles. The van der Waals surface area contributed by atoms with E-state index in [0.717, 1.165) is 17.1 Å². The summed E-state index contributed by atoms with van der Waals surface area (Å²) < 4.78 is 6.49. The minimum Gasteiger partial charge on any atom is -0.497 e. The highest BCUT2D eigenvalue weighted by atomic mass is 16.5. The molecule has 0 radical (unpaired) electrons. The van der Waals surface area contributed by atoms with E-state index >= 15 is 0 Å². The molecule has 3 rings (SSSR count). The van der Waals surface area contributed by atoms with Crippen LogP contribution in [-0.4, -0.2) is 17.6 Å². The lowest BCUT2D eigenvalue weighted by atomic mass is 10.2. The average molecular weight is 349 g/mol. The van der Waals surface area contributed by atoms with Gasteiger partial charge < -0.3 is 19.9 Å². The third-order valence-electron chi connectivity index (χ3n) is 3.76. The Hall–Kier alpha value is -3.54. The molecule has 1 heterocycles. The topological polar surface area (TPSA) is 72.4 Å². The van der Waals surface area contributed by atoms with Gasteiger partial charge in [-0.3, -0.25) is 9.59 Å². The van der Waals surface area contributed by atoms with Crippen LogP contribution in [0.1, 0.15) is 0 Å². The summed E-state index contributed by atoms with van der Waals surface area (Å²) in [5.41, 5.74) is 2.29. The normalized spacial score (nSPS) is 10.2. The van der Waals surface area contributed by atoms with Crippen LogP contribution in [0.3, 0.4) is 0 Å². The summed E-state index contributed by atoms with van der Waals surface area (Å²) in [6.07, 6.45) is 1.59. The van der Waals surface area contributed by atoms with Crippen molar-refractivity contribution in [1.82, 2.24) is 4.57 Å². The number of carbonyl (C=O) groups excluding carboxylic acids is 1. The Labute approximate surface area is 151 Å². The Kier molecular flexibility index (Phi) is 5.34. The average Bonchev–Trinajstić information content (AvgIpc) is 2.66. The number of hydrogen-bond acceptors (Lipinski definition) is 4. The van der Waals surface area contributed by atoms with E-state index in [1.165, 1.54) is 10.6 Å². The third-order valence-corrected chi connectivity index (χ3v) is 3.76. The van der Waals surface area contributed by atoms with Crippen molar-refractivity contribution in [3.8, 4) is 5.75 Å². The number of rotatable bonds is 6. The van der Waals surface area contributed by atoms with Gasteiger partial charge in [-0.05, 0) is 54.6 Å². The molecule has 2 aromatic carbocycles. The van der Waals surface area contributed by atoms with Gasteiger partial charge >= 0.3 is 0 Å². The zero-order valence-corrected chi connectivity index (χ0v) is 14.3. The summed E-state index contributed by atoms with van der Waals surface area (Å²) in [5.74, 6) is 0.542. The van der Waals surface area contributed by atoms with Gasteiger partial charge in [0.05, 0.1) is 7.11 Å². The van der Waals surface area contributed by atoms with Gasteiger partial charge in [0.25, 0.3) is 5.56 Å². The third kappa shape index (κ3) is 4.51. The number of hydrogen-bond donors (Lipinski definition) is 2. The second kappa shape index (κ2) is 8.02. The van der Waals surface area contributed by atoms with Gasteiger partial charge in [-0.15, -0.1) is 0 Å². The number of nitrogens with one attached hydrogen (secondary N) is 2. The number of ether oxygens (including phenoxy) is 1. The molecule has 0 spiro atoms. The number of anilines is 3. The Morgan fingerprint density at radius 2 is 1.54 bits per heavy atom. The molecule has 26 heavy (non-hydrogen) atoms. The Balaban J connectivity index is 1.59. The summed E-state index contributed by atoms with van der Waals surface area (Å²) in [4.78, 5) is 23.7. The summed E-state index contributed by atoms with van der Waals surface area (Å²) in [6, 6.07) is 19.7. The maximum Gasteiger partial charge on any atom is 0.250 e. The minimum atomic E-state index is -0.255. The van der Waals surface area contributed by atoms with Gasteiger partial charge in [0, 0.05) is 29.3 Å². The predicted octanol–water partition coefficient (Wildman–Crippen LogP) is 3.24. The van der Waals surface area contributed by atoms with Gasteiger partial charge in [-0.2, -0.15) is 0 Å². The van der Waals surface area contributed by atoms with E-state index in [2.05, 4.69) is 10.6 Å². The quantitative estimate of drug-likeness (QED) is 0.717. The summed E-state index contributed by atoms with van der Waals surface area (Å²) in [7, 11) is 1.63. The molecule has 0 unspecified atom stereocenters. The molecule has 0 aliphatic rings. The van der Waals surface area contributed by atoms with Crippen molar-refractivity contribution in [2.24, 2.45) is 0 Å².